The summed E-state index contributed by atoms with van der Waals surface area (Å²) in [5, 5.41) is 3.36. The van der Waals surface area contributed by atoms with Gasteiger partial charge in [-0.15, -0.1) is 0 Å². The van der Waals surface area contributed by atoms with E-state index in [0.717, 1.165) is 44.1 Å². The maximum atomic E-state index is 12.7. The molecule has 0 unspecified atom stereocenters. The Kier molecular flexibility index (Phi) is 5.19. The van der Waals surface area contributed by atoms with Crippen molar-refractivity contribution in [2.75, 3.05) is 18.4 Å². The number of aryl methyl sites for hydroxylation is 1. The molecular formula is C22H27N3O. The van der Waals surface area contributed by atoms with E-state index >= 15 is 0 Å². The van der Waals surface area contributed by atoms with E-state index in [2.05, 4.69) is 40.6 Å². The number of pyridine rings is 1. The Bertz CT molecular complexity index is 717. The summed E-state index contributed by atoms with van der Waals surface area (Å²) in [6, 6.07) is 15.1. The van der Waals surface area contributed by atoms with E-state index in [9.17, 15) is 4.79 Å². The highest BCUT2D eigenvalue weighted by molar-refractivity contribution is 5.94. The van der Waals surface area contributed by atoms with Crippen LogP contribution in [0.5, 0.6) is 0 Å². The molecule has 4 heteroatoms. The summed E-state index contributed by atoms with van der Waals surface area (Å²) in [5.74, 6) is 1.73. The van der Waals surface area contributed by atoms with E-state index in [-0.39, 0.29) is 5.91 Å². The van der Waals surface area contributed by atoms with Crippen LogP contribution in [-0.2, 0) is 6.42 Å². The zero-order valence-electron chi connectivity index (χ0n) is 15.2. The fraction of sp³-hybridized carbons (Fsp3) is 0.455. The first-order valence-electron chi connectivity index (χ1n) is 9.84. The molecule has 2 fully saturated rings. The second-order valence-electron chi connectivity index (χ2n) is 7.61. The topological polar surface area (TPSA) is 45.2 Å². The minimum Gasteiger partial charge on any atom is -0.367 e. The van der Waals surface area contributed by atoms with Crippen LogP contribution >= 0.6 is 0 Å². The van der Waals surface area contributed by atoms with Gasteiger partial charge in [0.15, 0.2) is 0 Å². The summed E-state index contributed by atoms with van der Waals surface area (Å²) < 4.78 is 0. The third kappa shape index (κ3) is 4.43. The van der Waals surface area contributed by atoms with Crippen molar-refractivity contribution in [3.63, 3.8) is 0 Å². The SMILES string of the molecule is O=C(c1ccc(NC2CC2)nc1)N1CCC(CCc2ccccc2)CC1. The van der Waals surface area contributed by atoms with E-state index in [1.165, 1.54) is 24.8 Å². The van der Waals surface area contributed by atoms with E-state index in [1.54, 1.807) is 6.20 Å². The third-order valence-corrected chi connectivity index (χ3v) is 5.53. The molecule has 2 aliphatic rings. The van der Waals surface area contributed by atoms with Gasteiger partial charge < -0.3 is 10.2 Å². The molecule has 0 spiro atoms. The zero-order chi connectivity index (χ0) is 17.8. The number of amides is 1. The van der Waals surface area contributed by atoms with Gasteiger partial charge in [-0.2, -0.15) is 0 Å². The second-order valence-corrected chi connectivity index (χ2v) is 7.61. The van der Waals surface area contributed by atoms with Crippen molar-refractivity contribution >= 4 is 11.7 Å². The molecule has 4 nitrogen and oxygen atoms in total. The van der Waals surface area contributed by atoms with Crippen molar-refractivity contribution < 1.29 is 4.79 Å². The quantitative estimate of drug-likeness (QED) is 0.852. The number of hydrogen-bond acceptors (Lipinski definition) is 3. The molecule has 2 aromatic rings. The number of benzene rings is 1. The number of nitrogens with zero attached hydrogens (tertiary/aromatic N) is 2. The van der Waals surface area contributed by atoms with Gasteiger partial charge in [0.2, 0.25) is 0 Å². The van der Waals surface area contributed by atoms with Crippen LogP contribution in [0.2, 0.25) is 0 Å². The Morgan fingerprint density at radius 2 is 1.81 bits per heavy atom. The lowest BCUT2D eigenvalue weighted by Gasteiger charge is -2.32. The lowest BCUT2D eigenvalue weighted by Crippen LogP contribution is -2.38. The van der Waals surface area contributed by atoms with E-state index in [0.29, 0.717) is 11.6 Å². The van der Waals surface area contributed by atoms with Gasteiger partial charge in [0.25, 0.3) is 5.91 Å². The normalized spacial score (nSPS) is 17.9. The maximum Gasteiger partial charge on any atom is 0.255 e. The largest absolute Gasteiger partial charge is 0.367 e. The van der Waals surface area contributed by atoms with Crippen LogP contribution in [0, 0.1) is 5.92 Å². The predicted molar refractivity (Wildman–Crippen MR) is 104 cm³/mol. The van der Waals surface area contributed by atoms with Crippen molar-refractivity contribution in [2.45, 2.75) is 44.6 Å². The molecule has 1 N–H and O–H groups in total. The fourth-order valence-electron chi connectivity index (χ4n) is 3.67. The van der Waals surface area contributed by atoms with Gasteiger partial charge >= 0.3 is 0 Å². The minimum absolute atomic E-state index is 0.122. The third-order valence-electron chi connectivity index (χ3n) is 5.53. The summed E-state index contributed by atoms with van der Waals surface area (Å²) in [4.78, 5) is 19.1. The smallest absolute Gasteiger partial charge is 0.255 e. The number of carbonyl (C=O) groups excluding carboxylic acids is 1. The molecule has 1 aliphatic carbocycles. The summed E-state index contributed by atoms with van der Waals surface area (Å²) in [7, 11) is 0. The maximum absolute atomic E-state index is 12.7. The highest BCUT2D eigenvalue weighted by Gasteiger charge is 2.24. The number of hydrogen-bond donors (Lipinski definition) is 1. The first-order chi connectivity index (χ1) is 12.8. The molecule has 1 saturated carbocycles. The van der Waals surface area contributed by atoms with Gasteiger partial charge in [0.1, 0.15) is 5.82 Å². The molecule has 2 heterocycles. The minimum atomic E-state index is 0.122. The number of carbonyl (C=O) groups is 1. The summed E-state index contributed by atoms with van der Waals surface area (Å²) in [6.07, 6.45) is 8.73. The van der Waals surface area contributed by atoms with Gasteiger partial charge in [0.05, 0.1) is 5.56 Å². The average molecular weight is 349 g/mol. The first kappa shape index (κ1) is 17.1. The molecular weight excluding hydrogens is 322 g/mol. The number of piperidine rings is 1. The Morgan fingerprint density at radius 3 is 2.46 bits per heavy atom. The second kappa shape index (κ2) is 7.90. The van der Waals surface area contributed by atoms with Gasteiger partial charge in [-0.1, -0.05) is 30.3 Å². The van der Waals surface area contributed by atoms with Crippen LogP contribution in [0.1, 0.15) is 48.0 Å². The molecule has 26 heavy (non-hydrogen) atoms. The van der Waals surface area contributed by atoms with Gasteiger partial charge in [0, 0.05) is 25.3 Å². The number of likely N-dealkylation sites (tertiary alicyclic amines) is 1. The van der Waals surface area contributed by atoms with Crippen molar-refractivity contribution in [1.29, 1.82) is 0 Å². The average Bonchev–Trinajstić information content (AvgIpc) is 3.52. The van der Waals surface area contributed by atoms with Crippen LogP contribution in [0.3, 0.4) is 0 Å². The van der Waals surface area contributed by atoms with Crippen LogP contribution in [0.4, 0.5) is 5.82 Å². The molecule has 1 amide bonds. The van der Waals surface area contributed by atoms with Gasteiger partial charge in [-0.3, -0.25) is 4.79 Å². The summed E-state index contributed by atoms with van der Waals surface area (Å²) in [5.41, 5.74) is 2.12. The predicted octanol–water partition coefficient (Wildman–Crippen LogP) is 4.14. The standard InChI is InChI=1S/C22H27N3O/c26-22(19-8-11-21(23-16-19)24-20-9-10-20)25-14-12-18(13-15-25)7-6-17-4-2-1-3-5-17/h1-5,8,11,16,18,20H,6-7,9-10,12-15H2,(H,23,24). The van der Waals surface area contributed by atoms with Crippen LogP contribution in [0.15, 0.2) is 48.7 Å². The van der Waals surface area contributed by atoms with Crippen molar-refractivity contribution in [3.05, 3.63) is 59.8 Å². The molecule has 0 radical (unpaired) electrons. The highest BCUT2D eigenvalue weighted by Crippen LogP contribution is 2.25. The Labute approximate surface area is 155 Å². The number of rotatable bonds is 6. The fourth-order valence-corrected chi connectivity index (χ4v) is 3.67. The molecule has 1 aromatic carbocycles. The molecule has 1 aromatic heterocycles. The zero-order valence-corrected chi connectivity index (χ0v) is 15.2. The lowest BCUT2D eigenvalue weighted by molar-refractivity contribution is 0.0686. The Hall–Kier alpha value is -2.36. The van der Waals surface area contributed by atoms with Crippen LogP contribution in [-0.4, -0.2) is 34.9 Å². The van der Waals surface area contributed by atoms with E-state index in [4.69, 9.17) is 0 Å². The number of anilines is 1. The molecule has 0 bridgehead atoms. The van der Waals surface area contributed by atoms with E-state index < -0.39 is 0 Å². The molecule has 136 valence electrons. The van der Waals surface area contributed by atoms with Crippen LogP contribution < -0.4 is 5.32 Å². The lowest BCUT2D eigenvalue weighted by atomic mass is 9.90. The molecule has 4 rings (SSSR count). The Balaban J connectivity index is 1.25. The first-order valence-corrected chi connectivity index (χ1v) is 9.84. The van der Waals surface area contributed by atoms with Gasteiger partial charge in [-0.05, 0) is 62.1 Å². The molecule has 0 atom stereocenters. The summed E-state index contributed by atoms with van der Waals surface area (Å²) >= 11 is 0. The summed E-state index contributed by atoms with van der Waals surface area (Å²) in [6.45, 7) is 1.72. The Morgan fingerprint density at radius 1 is 1.04 bits per heavy atom. The number of nitrogens with one attached hydrogen (secondary N) is 1. The van der Waals surface area contributed by atoms with Gasteiger partial charge in [-0.25, -0.2) is 4.98 Å². The number of aromatic nitrogens is 1. The molecule has 1 saturated heterocycles. The van der Waals surface area contributed by atoms with Crippen molar-refractivity contribution in [3.8, 4) is 0 Å². The van der Waals surface area contributed by atoms with Crippen LogP contribution in [0.25, 0.3) is 0 Å². The van der Waals surface area contributed by atoms with E-state index in [1.807, 2.05) is 17.0 Å². The van der Waals surface area contributed by atoms with Crippen molar-refractivity contribution in [2.24, 2.45) is 5.92 Å². The monoisotopic (exact) mass is 349 g/mol. The highest BCUT2D eigenvalue weighted by atomic mass is 16.2. The molecule has 1 aliphatic heterocycles. The van der Waals surface area contributed by atoms with Crippen molar-refractivity contribution in [1.82, 2.24) is 9.88 Å².